The van der Waals surface area contributed by atoms with Crippen LogP contribution in [0, 0.1) is 5.41 Å². The van der Waals surface area contributed by atoms with Crippen LogP contribution in [0.2, 0.25) is 5.02 Å². The molecular formula is C16H23Cl2NO2. The topological polar surface area (TPSA) is 29.5 Å². The molecule has 3 nitrogen and oxygen atoms in total. The molecule has 0 bridgehead atoms. The van der Waals surface area contributed by atoms with Crippen LogP contribution in [0.3, 0.4) is 0 Å². The molecule has 1 aliphatic heterocycles. The van der Waals surface area contributed by atoms with E-state index in [1.807, 2.05) is 24.3 Å². The SMILES string of the molecule is CCN1CCCC(Cc2ccc(Cl)cc2)(C(=O)OC)C1.Cl. The average Bonchev–Trinajstić information content (AvgIpc) is 2.49. The van der Waals surface area contributed by atoms with Gasteiger partial charge in [0.25, 0.3) is 0 Å². The van der Waals surface area contributed by atoms with Crippen molar-refractivity contribution in [1.29, 1.82) is 0 Å². The largest absolute Gasteiger partial charge is 0.469 e. The van der Waals surface area contributed by atoms with Gasteiger partial charge >= 0.3 is 5.97 Å². The van der Waals surface area contributed by atoms with Crippen LogP contribution < -0.4 is 0 Å². The standard InChI is InChI=1S/C16H22ClNO2.ClH/c1-3-18-10-4-9-16(12-18,15(19)20-2)11-13-5-7-14(17)8-6-13;/h5-8H,3-4,9-12H2,1-2H3;1H. The maximum absolute atomic E-state index is 12.3. The molecule has 21 heavy (non-hydrogen) atoms. The van der Waals surface area contributed by atoms with Gasteiger partial charge in [-0.05, 0) is 50.0 Å². The molecule has 0 amide bonds. The zero-order valence-electron chi connectivity index (χ0n) is 12.6. The third kappa shape index (κ3) is 4.35. The highest BCUT2D eigenvalue weighted by molar-refractivity contribution is 6.30. The summed E-state index contributed by atoms with van der Waals surface area (Å²) in [5.74, 6) is -0.0920. The van der Waals surface area contributed by atoms with Crippen LogP contribution in [0.5, 0.6) is 0 Å². The predicted octanol–water partition coefficient (Wildman–Crippen LogP) is 3.58. The second-order valence-electron chi connectivity index (χ2n) is 5.55. The zero-order chi connectivity index (χ0) is 14.6. The molecule has 1 aromatic rings. The van der Waals surface area contributed by atoms with Crippen molar-refractivity contribution in [2.24, 2.45) is 5.41 Å². The summed E-state index contributed by atoms with van der Waals surface area (Å²) in [4.78, 5) is 14.7. The minimum absolute atomic E-state index is 0. The quantitative estimate of drug-likeness (QED) is 0.790. The van der Waals surface area contributed by atoms with Gasteiger partial charge in [0, 0.05) is 11.6 Å². The van der Waals surface area contributed by atoms with Gasteiger partial charge in [-0.3, -0.25) is 4.79 Å². The van der Waals surface area contributed by atoms with Gasteiger partial charge in [0.1, 0.15) is 0 Å². The van der Waals surface area contributed by atoms with E-state index in [-0.39, 0.29) is 18.4 Å². The molecule has 0 aromatic heterocycles. The smallest absolute Gasteiger partial charge is 0.313 e. The van der Waals surface area contributed by atoms with Crippen molar-refractivity contribution in [2.45, 2.75) is 26.2 Å². The normalized spacial score (nSPS) is 22.4. The van der Waals surface area contributed by atoms with Crippen molar-refractivity contribution in [3.8, 4) is 0 Å². The van der Waals surface area contributed by atoms with Gasteiger partial charge in [0.05, 0.1) is 12.5 Å². The van der Waals surface area contributed by atoms with Gasteiger partial charge in [0.15, 0.2) is 0 Å². The summed E-state index contributed by atoms with van der Waals surface area (Å²) >= 11 is 5.92. The number of piperidine rings is 1. The summed E-state index contributed by atoms with van der Waals surface area (Å²) in [6.07, 6.45) is 2.64. The Morgan fingerprint density at radius 3 is 2.62 bits per heavy atom. The highest BCUT2D eigenvalue weighted by Gasteiger charge is 2.42. The Kier molecular flexibility index (Phi) is 6.98. The number of esters is 1. The van der Waals surface area contributed by atoms with E-state index in [4.69, 9.17) is 16.3 Å². The van der Waals surface area contributed by atoms with Crippen molar-refractivity contribution in [1.82, 2.24) is 4.90 Å². The van der Waals surface area contributed by atoms with Crippen molar-refractivity contribution in [2.75, 3.05) is 26.7 Å². The average molecular weight is 332 g/mol. The van der Waals surface area contributed by atoms with Gasteiger partial charge in [-0.25, -0.2) is 0 Å². The molecule has 2 rings (SSSR count). The molecule has 1 unspecified atom stereocenters. The Morgan fingerprint density at radius 1 is 1.38 bits per heavy atom. The van der Waals surface area contributed by atoms with E-state index in [1.54, 1.807) is 0 Å². The Balaban J connectivity index is 0.00000220. The molecule has 0 aliphatic carbocycles. The van der Waals surface area contributed by atoms with Crippen LogP contribution >= 0.6 is 24.0 Å². The lowest BCUT2D eigenvalue weighted by atomic mass is 9.75. The number of carbonyl (C=O) groups is 1. The molecule has 1 saturated heterocycles. The maximum atomic E-state index is 12.3. The Hall–Kier alpha value is -0.770. The second kappa shape index (κ2) is 8.02. The third-order valence-corrected chi connectivity index (χ3v) is 4.43. The first-order valence-corrected chi connectivity index (χ1v) is 7.52. The summed E-state index contributed by atoms with van der Waals surface area (Å²) in [6, 6.07) is 7.75. The lowest BCUT2D eigenvalue weighted by Gasteiger charge is -2.40. The summed E-state index contributed by atoms with van der Waals surface area (Å²) in [6.45, 7) is 4.95. The molecule has 0 spiro atoms. The van der Waals surface area contributed by atoms with E-state index < -0.39 is 5.41 Å². The first kappa shape index (κ1) is 18.3. The van der Waals surface area contributed by atoms with E-state index in [2.05, 4.69) is 11.8 Å². The second-order valence-corrected chi connectivity index (χ2v) is 5.98. The number of benzene rings is 1. The number of rotatable bonds is 4. The van der Waals surface area contributed by atoms with Crippen LogP contribution in [0.1, 0.15) is 25.3 Å². The number of methoxy groups -OCH3 is 1. The lowest BCUT2D eigenvalue weighted by Crippen LogP contribution is -2.49. The number of ether oxygens (including phenoxy) is 1. The molecule has 1 heterocycles. The van der Waals surface area contributed by atoms with Crippen LogP contribution in [0.25, 0.3) is 0 Å². The van der Waals surface area contributed by atoms with E-state index in [9.17, 15) is 4.79 Å². The summed E-state index contributed by atoms with van der Waals surface area (Å²) in [5.41, 5.74) is 0.717. The van der Waals surface area contributed by atoms with Crippen molar-refractivity contribution >= 4 is 30.0 Å². The summed E-state index contributed by atoms with van der Waals surface area (Å²) in [7, 11) is 1.48. The van der Waals surface area contributed by atoms with Gasteiger partial charge in [0.2, 0.25) is 0 Å². The van der Waals surface area contributed by atoms with E-state index in [0.29, 0.717) is 6.42 Å². The molecule has 5 heteroatoms. The Labute approximate surface area is 138 Å². The third-order valence-electron chi connectivity index (χ3n) is 4.18. The Bertz CT molecular complexity index is 464. The molecule has 118 valence electrons. The molecular weight excluding hydrogens is 309 g/mol. The molecule has 1 aliphatic rings. The number of likely N-dealkylation sites (tertiary alicyclic amines) is 1. The van der Waals surface area contributed by atoms with Crippen molar-refractivity contribution < 1.29 is 9.53 Å². The zero-order valence-corrected chi connectivity index (χ0v) is 14.2. The number of hydrogen-bond donors (Lipinski definition) is 0. The first-order valence-electron chi connectivity index (χ1n) is 7.15. The summed E-state index contributed by atoms with van der Waals surface area (Å²) < 4.78 is 5.09. The van der Waals surface area contributed by atoms with Crippen LogP contribution in [0.4, 0.5) is 0 Å². The minimum Gasteiger partial charge on any atom is -0.469 e. The van der Waals surface area contributed by atoms with Gasteiger partial charge in [-0.2, -0.15) is 0 Å². The molecule has 0 radical (unpaired) electrons. The fourth-order valence-corrected chi connectivity index (χ4v) is 3.22. The number of nitrogens with zero attached hydrogens (tertiary/aromatic N) is 1. The molecule has 1 fully saturated rings. The number of hydrogen-bond acceptors (Lipinski definition) is 3. The Morgan fingerprint density at radius 2 is 2.05 bits per heavy atom. The van der Waals surface area contributed by atoms with Crippen LogP contribution in [-0.2, 0) is 16.0 Å². The van der Waals surface area contributed by atoms with E-state index in [0.717, 1.165) is 43.1 Å². The van der Waals surface area contributed by atoms with Gasteiger partial charge in [-0.1, -0.05) is 30.7 Å². The van der Waals surface area contributed by atoms with Gasteiger partial charge in [-0.15, -0.1) is 12.4 Å². The monoisotopic (exact) mass is 331 g/mol. The highest BCUT2D eigenvalue weighted by atomic mass is 35.5. The lowest BCUT2D eigenvalue weighted by molar-refractivity contribution is -0.156. The van der Waals surface area contributed by atoms with E-state index >= 15 is 0 Å². The molecule has 0 saturated carbocycles. The highest BCUT2D eigenvalue weighted by Crippen LogP contribution is 2.35. The van der Waals surface area contributed by atoms with E-state index in [1.165, 1.54) is 7.11 Å². The maximum Gasteiger partial charge on any atom is 0.313 e. The molecule has 1 atom stereocenters. The fraction of sp³-hybridized carbons (Fsp3) is 0.562. The molecule has 0 N–H and O–H groups in total. The minimum atomic E-state index is -0.420. The fourth-order valence-electron chi connectivity index (χ4n) is 3.09. The van der Waals surface area contributed by atoms with Crippen molar-refractivity contribution in [3.63, 3.8) is 0 Å². The van der Waals surface area contributed by atoms with Crippen LogP contribution in [-0.4, -0.2) is 37.6 Å². The number of carbonyl (C=O) groups excluding carboxylic acids is 1. The predicted molar refractivity (Wildman–Crippen MR) is 88.2 cm³/mol. The van der Waals surface area contributed by atoms with Crippen molar-refractivity contribution in [3.05, 3.63) is 34.9 Å². The summed E-state index contributed by atoms with van der Waals surface area (Å²) in [5, 5.41) is 0.722. The molecule has 1 aromatic carbocycles. The number of halogens is 2. The van der Waals surface area contributed by atoms with Gasteiger partial charge < -0.3 is 9.64 Å². The van der Waals surface area contributed by atoms with Crippen LogP contribution in [0.15, 0.2) is 24.3 Å². The first-order chi connectivity index (χ1) is 9.59.